The number of amides is 2. The van der Waals surface area contributed by atoms with E-state index in [0.717, 1.165) is 58.4 Å². The van der Waals surface area contributed by atoms with E-state index >= 15 is 0 Å². The Kier molecular flexibility index (Phi) is 12.2. The lowest BCUT2D eigenvalue weighted by Gasteiger charge is -2.54. The van der Waals surface area contributed by atoms with E-state index in [0.29, 0.717) is 50.1 Å². The van der Waals surface area contributed by atoms with Gasteiger partial charge in [0, 0.05) is 76.4 Å². The highest BCUT2D eigenvalue weighted by molar-refractivity contribution is 7.86. The normalized spacial score (nSPS) is 20.6. The second-order valence-corrected chi connectivity index (χ2v) is 17.7. The summed E-state index contributed by atoms with van der Waals surface area (Å²) in [6.45, 7) is 17.1. The highest BCUT2D eigenvalue weighted by Crippen LogP contribution is 2.45. The van der Waals surface area contributed by atoms with Gasteiger partial charge in [-0.05, 0) is 97.0 Å². The van der Waals surface area contributed by atoms with Crippen LogP contribution in [0.1, 0.15) is 70.2 Å². The minimum absolute atomic E-state index is 0.0830. The molecule has 0 aliphatic carbocycles. The van der Waals surface area contributed by atoms with Gasteiger partial charge in [0.15, 0.2) is 17.4 Å². The average molecular weight is 773 g/mol. The number of hydrogen-bond acceptors (Lipinski definition) is 9. The Hall–Kier alpha value is -3.73. The van der Waals surface area contributed by atoms with Gasteiger partial charge in [-0.15, -0.1) is 0 Å². The van der Waals surface area contributed by atoms with Gasteiger partial charge >= 0.3 is 0 Å². The van der Waals surface area contributed by atoms with Crippen molar-refractivity contribution < 1.29 is 31.5 Å². The molecule has 5 heterocycles. The summed E-state index contributed by atoms with van der Waals surface area (Å²) >= 11 is 0. The van der Waals surface area contributed by atoms with Crippen molar-refractivity contribution in [3.63, 3.8) is 0 Å². The number of rotatable bonds is 11. The van der Waals surface area contributed by atoms with Crippen LogP contribution in [0.2, 0.25) is 0 Å². The van der Waals surface area contributed by atoms with Gasteiger partial charge in [0.25, 0.3) is 22.0 Å². The summed E-state index contributed by atoms with van der Waals surface area (Å²) in [6.07, 6.45) is 7.19. The molecular weight excluding hydrogens is 719 g/mol. The third-order valence-electron chi connectivity index (χ3n) is 11.4. The molecule has 4 aliphatic rings. The van der Waals surface area contributed by atoms with E-state index in [1.165, 1.54) is 33.7 Å². The SMILES string of the molecule is C=C(F)C(=O)N1CCCN(S(=O)(=O)N2CCC(CN3CCC4(CC3)CN(c3ncncc3Oc3ccc(F)cc3C(=O)N(C(C)C)C(C)C)C4)CC2)CC1. The van der Waals surface area contributed by atoms with Crippen molar-refractivity contribution in [2.75, 3.05) is 76.9 Å². The number of carbonyl (C=O) groups is 2. The molecule has 13 nitrogen and oxygen atoms in total. The van der Waals surface area contributed by atoms with E-state index in [2.05, 4.69) is 26.3 Å². The first-order chi connectivity index (χ1) is 25.7. The average Bonchev–Trinajstić information content (AvgIpc) is 3.39. The number of piperidine rings is 2. The molecule has 1 aromatic heterocycles. The number of anilines is 1. The maximum Gasteiger partial charge on any atom is 0.282 e. The largest absolute Gasteiger partial charge is 0.451 e. The summed E-state index contributed by atoms with van der Waals surface area (Å²) in [5.74, 6) is -0.899. The summed E-state index contributed by atoms with van der Waals surface area (Å²) in [6, 6.07) is 3.83. The first-order valence-electron chi connectivity index (χ1n) is 19.1. The van der Waals surface area contributed by atoms with E-state index in [4.69, 9.17) is 4.74 Å². The fraction of sp³-hybridized carbons (Fsp3) is 0.632. The number of benzene rings is 1. The van der Waals surface area contributed by atoms with Gasteiger partial charge in [-0.3, -0.25) is 9.59 Å². The lowest BCUT2D eigenvalue weighted by atomic mass is 9.72. The Labute approximate surface area is 318 Å². The summed E-state index contributed by atoms with van der Waals surface area (Å²) in [5.41, 5.74) is 0.311. The predicted octanol–water partition coefficient (Wildman–Crippen LogP) is 4.54. The molecule has 1 aromatic carbocycles. The van der Waals surface area contributed by atoms with Crippen LogP contribution in [0, 0.1) is 17.2 Å². The molecule has 2 amide bonds. The lowest BCUT2D eigenvalue weighted by Crippen LogP contribution is -2.61. The fourth-order valence-electron chi connectivity index (χ4n) is 8.49. The Bertz CT molecular complexity index is 1780. The maximum absolute atomic E-state index is 14.4. The number of nitrogens with zero attached hydrogens (tertiary/aromatic N) is 8. The third kappa shape index (κ3) is 8.71. The van der Waals surface area contributed by atoms with Crippen LogP contribution in [-0.2, 0) is 15.0 Å². The summed E-state index contributed by atoms with van der Waals surface area (Å²) in [4.78, 5) is 42.1. The van der Waals surface area contributed by atoms with Crippen molar-refractivity contribution >= 4 is 27.8 Å². The van der Waals surface area contributed by atoms with Crippen LogP contribution in [0.15, 0.2) is 43.1 Å². The molecule has 0 unspecified atom stereocenters. The molecular formula is C38H54F2N8O5S. The molecule has 0 atom stereocenters. The van der Waals surface area contributed by atoms with Gasteiger partial charge in [-0.25, -0.2) is 18.7 Å². The van der Waals surface area contributed by atoms with E-state index in [9.17, 15) is 26.8 Å². The van der Waals surface area contributed by atoms with Crippen LogP contribution in [0.25, 0.3) is 0 Å². The molecule has 0 radical (unpaired) electrons. The van der Waals surface area contributed by atoms with Gasteiger partial charge < -0.3 is 24.3 Å². The van der Waals surface area contributed by atoms with Crippen molar-refractivity contribution in [1.82, 2.24) is 33.3 Å². The smallest absolute Gasteiger partial charge is 0.282 e. The predicted molar refractivity (Wildman–Crippen MR) is 202 cm³/mol. The second kappa shape index (κ2) is 16.6. The van der Waals surface area contributed by atoms with Gasteiger partial charge in [0.1, 0.15) is 17.9 Å². The molecule has 0 N–H and O–H groups in total. The van der Waals surface area contributed by atoms with Gasteiger partial charge in [0.2, 0.25) is 0 Å². The zero-order valence-electron chi connectivity index (χ0n) is 31.9. The highest BCUT2D eigenvalue weighted by Gasteiger charge is 2.46. The number of aromatic nitrogens is 2. The van der Waals surface area contributed by atoms with Crippen molar-refractivity contribution in [3.8, 4) is 11.5 Å². The molecule has 2 aromatic rings. The van der Waals surface area contributed by atoms with Crippen molar-refractivity contribution in [2.24, 2.45) is 11.3 Å². The van der Waals surface area contributed by atoms with Crippen LogP contribution in [0.5, 0.6) is 11.5 Å². The molecule has 296 valence electrons. The van der Waals surface area contributed by atoms with Crippen LogP contribution < -0.4 is 9.64 Å². The number of ether oxygens (including phenoxy) is 1. The minimum Gasteiger partial charge on any atom is -0.451 e. The molecule has 16 heteroatoms. The van der Waals surface area contributed by atoms with E-state index in [1.807, 2.05) is 27.7 Å². The highest BCUT2D eigenvalue weighted by atomic mass is 32.2. The zero-order chi connectivity index (χ0) is 38.8. The summed E-state index contributed by atoms with van der Waals surface area (Å²) in [7, 11) is -3.67. The number of halogens is 2. The number of carbonyl (C=O) groups excluding carboxylic acids is 2. The quantitative estimate of drug-likeness (QED) is 0.303. The van der Waals surface area contributed by atoms with Crippen LogP contribution in [0.4, 0.5) is 14.6 Å². The Morgan fingerprint density at radius 3 is 2.28 bits per heavy atom. The molecule has 4 saturated heterocycles. The molecule has 54 heavy (non-hydrogen) atoms. The third-order valence-corrected chi connectivity index (χ3v) is 13.4. The van der Waals surface area contributed by atoms with Crippen molar-refractivity contribution in [2.45, 2.75) is 71.9 Å². The van der Waals surface area contributed by atoms with Gasteiger partial charge in [-0.2, -0.15) is 17.0 Å². The molecule has 6 rings (SSSR count). The summed E-state index contributed by atoms with van der Waals surface area (Å²) < 4.78 is 64.0. The van der Waals surface area contributed by atoms with Crippen molar-refractivity contribution in [1.29, 1.82) is 0 Å². The molecule has 4 aliphatic heterocycles. The van der Waals surface area contributed by atoms with E-state index in [-0.39, 0.29) is 47.8 Å². The topological polar surface area (TPSA) is 123 Å². The van der Waals surface area contributed by atoms with Gasteiger partial charge in [0.05, 0.1) is 11.8 Å². The van der Waals surface area contributed by atoms with Crippen LogP contribution >= 0.6 is 0 Å². The second-order valence-electron chi connectivity index (χ2n) is 15.8. The van der Waals surface area contributed by atoms with Gasteiger partial charge in [-0.1, -0.05) is 6.58 Å². The first-order valence-corrected chi connectivity index (χ1v) is 20.5. The Balaban J connectivity index is 0.989. The molecule has 1 spiro atoms. The number of likely N-dealkylation sites (tertiary alicyclic amines) is 1. The van der Waals surface area contributed by atoms with E-state index < -0.39 is 27.8 Å². The Morgan fingerprint density at radius 2 is 1.63 bits per heavy atom. The first kappa shape index (κ1) is 39.9. The van der Waals surface area contributed by atoms with E-state index in [1.54, 1.807) is 15.4 Å². The monoisotopic (exact) mass is 772 g/mol. The molecule has 4 fully saturated rings. The zero-order valence-corrected chi connectivity index (χ0v) is 32.7. The fourth-order valence-corrected chi connectivity index (χ4v) is 10.2. The Morgan fingerprint density at radius 1 is 0.963 bits per heavy atom. The van der Waals surface area contributed by atoms with Crippen molar-refractivity contribution in [3.05, 3.63) is 54.5 Å². The minimum atomic E-state index is -3.67. The standard InChI is InChI=1S/C38H54F2N8O5S/c1-27(2)48(28(3)4)37(50)32-21-31(40)7-8-33(32)53-34-22-41-26-42-35(34)45-24-38(25-45)11-17-43(18-12-38)23-30-9-15-47(16-10-30)54(51,52)46-14-6-13-44(19-20-46)36(49)29(5)39/h7-8,21-22,26-28,30H,5-6,9-20,23-25H2,1-4H3. The molecule has 0 saturated carbocycles. The lowest BCUT2D eigenvalue weighted by molar-refractivity contribution is -0.128. The van der Waals surface area contributed by atoms with Crippen LogP contribution in [0.3, 0.4) is 0 Å². The molecule has 0 bridgehead atoms. The number of hydrogen-bond donors (Lipinski definition) is 0. The van der Waals surface area contributed by atoms with Crippen LogP contribution in [-0.4, -0.2) is 138 Å². The summed E-state index contributed by atoms with van der Waals surface area (Å²) in [5, 5.41) is 0. The maximum atomic E-state index is 14.4.